The molecule has 0 spiro atoms. The number of rotatable bonds is 8. The van der Waals surface area contributed by atoms with Gasteiger partial charge in [-0.2, -0.15) is 0 Å². The summed E-state index contributed by atoms with van der Waals surface area (Å²) in [6.07, 6.45) is 5.65. The highest BCUT2D eigenvalue weighted by Crippen LogP contribution is 2.43. The van der Waals surface area contributed by atoms with Gasteiger partial charge in [-0.25, -0.2) is 4.39 Å². The van der Waals surface area contributed by atoms with E-state index in [1.54, 1.807) is 12.1 Å². The minimum absolute atomic E-state index is 0.0421. The van der Waals surface area contributed by atoms with Crippen LogP contribution in [0.4, 0.5) is 4.39 Å². The lowest BCUT2D eigenvalue weighted by Gasteiger charge is -2.42. The fraction of sp³-hybridized carbons (Fsp3) is 0.435. The first-order valence-electron chi connectivity index (χ1n) is 9.96. The van der Waals surface area contributed by atoms with Gasteiger partial charge < -0.3 is 5.32 Å². The maximum atomic E-state index is 14.0. The van der Waals surface area contributed by atoms with Crippen LogP contribution in [-0.4, -0.2) is 29.9 Å². The Balaban J connectivity index is 1.36. The first-order valence-corrected chi connectivity index (χ1v) is 9.96. The molecule has 2 aromatic carbocycles. The van der Waals surface area contributed by atoms with Crippen molar-refractivity contribution in [3.63, 3.8) is 0 Å². The molecular weight excluding hydrogens is 339 g/mol. The fourth-order valence-electron chi connectivity index (χ4n) is 4.07. The van der Waals surface area contributed by atoms with Gasteiger partial charge in [-0.05, 0) is 37.3 Å². The molecule has 2 saturated carbocycles. The Labute approximate surface area is 160 Å². The molecular formula is C23H27FN2O. The van der Waals surface area contributed by atoms with Crippen LogP contribution in [0.1, 0.15) is 43.2 Å². The Kier molecular flexibility index (Phi) is 5.26. The molecule has 0 unspecified atom stereocenters. The van der Waals surface area contributed by atoms with Gasteiger partial charge in [0.1, 0.15) is 5.82 Å². The second kappa shape index (κ2) is 7.81. The molecule has 4 rings (SSSR count). The van der Waals surface area contributed by atoms with Crippen LogP contribution >= 0.6 is 0 Å². The zero-order valence-corrected chi connectivity index (χ0v) is 15.7. The molecule has 0 heterocycles. The summed E-state index contributed by atoms with van der Waals surface area (Å²) >= 11 is 0. The molecule has 0 bridgehead atoms. The van der Waals surface area contributed by atoms with Crippen molar-refractivity contribution in [2.24, 2.45) is 0 Å². The average Bonchev–Trinajstić information content (AvgIpc) is 3.48. The summed E-state index contributed by atoms with van der Waals surface area (Å²) in [5, 5.41) is 3.16. The number of hydrogen-bond donors (Lipinski definition) is 1. The van der Waals surface area contributed by atoms with Crippen molar-refractivity contribution >= 4 is 5.91 Å². The second-order valence-electron chi connectivity index (χ2n) is 8.00. The topological polar surface area (TPSA) is 32.3 Å². The standard InChI is InChI=1S/C23H27FN2O/c24-21-10-5-4-7-18(21)15-26(20-11-12-20)16-22(27)25-17-23(13-6-14-23)19-8-2-1-3-9-19/h1-5,7-10,20H,6,11-17H2,(H,25,27). The van der Waals surface area contributed by atoms with Crippen molar-refractivity contribution in [3.8, 4) is 0 Å². The van der Waals surface area contributed by atoms with Gasteiger partial charge in [0.05, 0.1) is 6.54 Å². The summed E-state index contributed by atoms with van der Waals surface area (Å²) in [5.41, 5.74) is 2.08. The molecule has 2 aliphatic rings. The van der Waals surface area contributed by atoms with Crippen LogP contribution in [-0.2, 0) is 16.8 Å². The van der Waals surface area contributed by atoms with E-state index in [1.807, 2.05) is 12.1 Å². The van der Waals surface area contributed by atoms with Gasteiger partial charge in [0.15, 0.2) is 0 Å². The van der Waals surface area contributed by atoms with Gasteiger partial charge in [-0.15, -0.1) is 0 Å². The lowest BCUT2D eigenvalue weighted by Crippen LogP contribution is -2.48. The van der Waals surface area contributed by atoms with Crippen molar-refractivity contribution in [1.82, 2.24) is 10.2 Å². The largest absolute Gasteiger partial charge is 0.354 e. The molecule has 1 amide bonds. The van der Waals surface area contributed by atoms with E-state index in [0.717, 1.165) is 25.7 Å². The molecule has 3 nitrogen and oxygen atoms in total. The minimum atomic E-state index is -0.193. The van der Waals surface area contributed by atoms with E-state index in [0.29, 0.717) is 31.2 Å². The summed E-state index contributed by atoms with van der Waals surface area (Å²) in [7, 11) is 0. The smallest absolute Gasteiger partial charge is 0.234 e. The number of carbonyl (C=O) groups excluding carboxylic acids is 1. The van der Waals surface area contributed by atoms with Crippen LogP contribution in [0.15, 0.2) is 54.6 Å². The molecule has 0 saturated heterocycles. The van der Waals surface area contributed by atoms with E-state index in [2.05, 4.69) is 34.5 Å². The van der Waals surface area contributed by atoms with Crippen molar-refractivity contribution < 1.29 is 9.18 Å². The molecule has 0 atom stereocenters. The van der Waals surface area contributed by atoms with Crippen LogP contribution in [0.5, 0.6) is 0 Å². The Bertz CT molecular complexity index is 784. The number of halogens is 1. The number of hydrogen-bond acceptors (Lipinski definition) is 2. The van der Waals surface area contributed by atoms with Crippen LogP contribution < -0.4 is 5.32 Å². The molecule has 1 N–H and O–H groups in total. The van der Waals surface area contributed by atoms with E-state index in [4.69, 9.17) is 0 Å². The molecule has 0 radical (unpaired) electrons. The third-order valence-electron chi connectivity index (χ3n) is 6.06. The Morgan fingerprint density at radius 3 is 2.41 bits per heavy atom. The monoisotopic (exact) mass is 366 g/mol. The second-order valence-corrected chi connectivity index (χ2v) is 8.00. The van der Waals surface area contributed by atoms with Crippen LogP contribution in [0.3, 0.4) is 0 Å². The maximum absolute atomic E-state index is 14.0. The Morgan fingerprint density at radius 1 is 1.07 bits per heavy atom. The zero-order valence-electron chi connectivity index (χ0n) is 15.7. The Hall–Kier alpha value is -2.20. The molecule has 0 aromatic heterocycles. The number of benzene rings is 2. The van der Waals surface area contributed by atoms with Gasteiger partial charge in [0.2, 0.25) is 5.91 Å². The molecule has 142 valence electrons. The number of nitrogens with one attached hydrogen (secondary N) is 1. The summed E-state index contributed by atoms with van der Waals surface area (Å²) in [5.74, 6) is -0.151. The van der Waals surface area contributed by atoms with Crippen LogP contribution in [0, 0.1) is 5.82 Å². The highest BCUT2D eigenvalue weighted by atomic mass is 19.1. The predicted molar refractivity (Wildman–Crippen MR) is 105 cm³/mol. The van der Waals surface area contributed by atoms with Crippen molar-refractivity contribution in [1.29, 1.82) is 0 Å². The summed E-state index contributed by atoms with van der Waals surface area (Å²) < 4.78 is 14.0. The number of nitrogens with zero attached hydrogens (tertiary/aromatic N) is 1. The maximum Gasteiger partial charge on any atom is 0.234 e. The van der Waals surface area contributed by atoms with Crippen LogP contribution in [0.2, 0.25) is 0 Å². The molecule has 27 heavy (non-hydrogen) atoms. The lowest BCUT2D eigenvalue weighted by atomic mass is 9.64. The molecule has 2 aromatic rings. The van der Waals surface area contributed by atoms with Crippen LogP contribution in [0.25, 0.3) is 0 Å². The third-order valence-corrected chi connectivity index (χ3v) is 6.06. The van der Waals surface area contributed by atoms with Crippen molar-refractivity contribution in [2.75, 3.05) is 13.1 Å². The van der Waals surface area contributed by atoms with Gasteiger partial charge >= 0.3 is 0 Å². The van der Waals surface area contributed by atoms with E-state index < -0.39 is 0 Å². The molecule has 0 aliphatic heterocycles. The molecule has 4 heteroatoms. The van der Waals surface area contributed by atoms with E-state index in [-0.39, 0.29) is 17.1 Å². The summed E-state index contributed by atoms with van der Waals surface area (Å²) in [6, 6.07) is 17.8. The van der Waals surface area contributed by atoms with Crippen molar-refractivity contribution in [3.05, 3.63) is 71.5 Å². The summed E-state index contributed by atoms with van der Waals surface area (Å²) in [6.45, 7) is 1.52. The molecule has 2 aliphatic carbocycles. The summed E-state index contributed by atoms with van der Waals surface area (Å²) in [4.78, 5) is 14.7. The van der Waals surface area contributed by atoms with E-state index in [9.17, 15) is 9.18 Å². The third kappa shape index (κ3) is 4.22. The van der Waals surface area contributed by atoms with E-state index in [1.165, 1.54) is 18.1 Å². The quantitative estimate of drug-likeness (QED) is 0.765. The number of carbonyl (C=O) groups is 1. The average molecular weight is 366 g/mol. The first kappa shape index (κ1) is 18.2. The first-order chi connectivity index (χ1) is 13.2. The minimum Gasteiger partial charge on any atom is -0.354 e. The van der Waals surface area contributed by atoms with Crippen molar-refractivity contribution in [2.45, 2.75) is 50.1 Å². The van der Waals surface area contributed by atoms with Gasteiger partial charge in [-0.3, -0.25) is 9.69 Å². The fourth-order valence-corrected chi connectivity index (χ4v) is 4.07. The van der Waals surface area contributed by atoms with Gasteiger partial charge in [0, 0.05) is 30.1 Å². The number of amides is 1. The zero-order chi connectivity index (χ0) is 18.7. The Morgan fingerprint density at radius 2 is 1.78 bits per heavy atom. The normalized spacial score (nSPS) is 18.1. The SMILES string of the molecule is O=C(CN(Cc1ccccc1F)C1CC1)NCC1(c2ccccc2)CCC1. The highest BCUT2D eigenvalue weighted by Gasteiger charge is 2.39. The highest BCUT2D eigenvalue weighted by molar-refractivity contribution is 5.78. The van der Waals surface area contributed by atoms with E-state index >= 15 is 0 Å². The lowest BCUT2D eigenvalue weighted by molar-refractivity contribution is -0.123. The van der Waals surface area contributed by atoms with Gasteiger partial charge in [0.25, 0.3) is 0 Å². The molecule has 2 fully saturated rings. The predicted octanol–water partition coefficient (Wildman–Crippen LogP) is 4.03. The van der Waals surface area contributed by atoms with Gasteiger partial charge in [-0.1, -0.05) is 55.0 Å².